The molecule has 0 amide bonds. The lowest BCUT2D eigenvalue weighted by Gasteiger charge is -2.13. The molecular formula is C20H17NO4. The molecule has 0 saturated carbocycles. The summed E-state index contributed by atoms with van der Waals surface area (Å²) in [5, 5.41) is 9.90. The number of carbonyl (C=O) groups is 1. The van der Waals surface area contributed by atoms with Gasteiger partial charge >= 0.3 is 5.97 Å². The van der Waals surface area contributed by atoms with Gasteiger partial charge in [-0.15, -0.1) is 0 Å². The van der Waals surface area contributed by atoms with E-state index in [9.17, 15) is 4.79 Å². The molecule has 2 aromatic carbocycles. The van der Waals surface area contributed by atoms with E-state index in [-0.39, 0.29) is 6.61 Å². The van der Waals surface area contributed by atoms with E-state index in [4.69, 9.17) is 19.2 Å². The van der Waals surface area contributed by atoms with E-state index in [1.807, 2.05) is 37.3 Å². The number of carbonyl (C=O) groups excluding carboxylic acids is 1. The molecule has 0 aliphatic heterocycles. The fourth-order valence-electron chi connectivity index (χ4n) is 2.51. The SMILES string of the molecule is Cc1c(COC(=O)C(C)Oc2cccc(C#N)c2)oc2ccccc12. The normalized spacial score (nSPS) is 11.7. The number of furan rings is 1. The number of nitrogens with zero attached hydrogens (tertiary/aromatic N) is 1. The van der Waals surface area contributed by atoms with Gasteiger partial charge in [0.25, 0.3) is 0 Å². The van der Waals surface area contributed by atoms with E-state index in [2.05, 4.69) is 0 Å². The van der Waals surface area contributed by atoms with Crippen LogP contribution in [0.3, 0.4) is 0 Å². The highest BCUT2D eigenvalue weighted by Crippen LogP contribution is 2.25. The van der Waals surface area contributed by atoms with Crippen molar-refractivity contribution in [3.8, 4) is 11.8 Å². The lowest BCUT2D eigenvalue weighted by molar-refractivity contribution is -0.153. The Morgan fingerprint density at radius 2 is 2.04 bits per heavy atom. The van der Waals surface area contributed by atoms with E-state index in [0.717, 1.165) is 16.5 Å². The second-order valence-corrected chi connectivity index (χ2v) is 5.65. The third-order valence-corrected chi connectivity index (χ3v) is 3.90. The largest absolute Gasteiger partial charge is 0.479 e. The van der Waals surface area contributed by atoms with Crippen molar-refractivity contribution >= 4 is 16.9 Å². The van der Waals surface area contributed by atoms with Gasteiger partial charge in [0.15, 0.2) is 6.10 Å². The molecule has 1 aromatic heterocycles. The van der Waals surface area contributed by atoms with Gasteiger partial charge in [0.05, 0.1) is 11.6 Å². The van der Waals surface area contributed by atoms with Crippen molar-refractivity contribution in [1.29, 1.82) is 5.26 Å². The third-order valence-electron chi connectivity index (χ3n) is 3.90. The predicted octanol–water partition coefficient (Wildman–Crippen LogP) is 4.12. The molecule has 1 unspecified atom stereocenters. The molecule has 0 fully saturated rings. The molecule has 3 aromatic rings. The van der Waals surface area contributed by atoms with Crippen molar-refractivity contribution in [1.82, 2.24) is 0 Å². The second-order valence-electron chi connectivity index (χ2n) is 5.65. The van der Waals surface area contributed by atoms with Crippen LogP contribution in [0.5, 0.6) is 5.75 Å². The number of aryl methyl sites for hydroxylation is 1. The van der Waals surface area contributed by atoms with Gasteiger partial charge in [0.2, 0.25) is 0 Å². The zero-order chi connectivity index (χ0) is 17.8. The summed E-state index contributed by atoms with van der Waals surface area (Å²) in [7, 11) is 0. The quantitative estimate of drug-likeness (QED) is 0.656. The molecule has 25 heavy (non-hydrogen) atoms. The van der Waals surface area contributed by atoms with Gasteiger partial charge in [-0.1, -0.05) is 24.3 Å². The van der Waals surface area contributed by atoms with Crippen LogP contribution in [0.4, 0.5) is 0 Å². The minimum atomic E-state index is -0.793. The number of para-hydroxylation sites is 1. The van der Waals surface area contributed by atoms with Crippen LogP contribution >= 0.6 is 0 Å². The van der Waals surface area contributed by atoms with Crippen molar-refractivity contribution in [3.63, 3.8) is 0 Å². The number of esters is 1. The van der Waals surface area contributed by atoms with Gasteiger partial charge in [-0.3, -0.25) is 0 Å². The lowest BCUT2D eigenvalue weighted by Crippen LogP contribution is -2.26. The van der Waals surface area contributed by atoms with Crippen LogP contribution < -0.4 is 4.74 Å². The first-order valence-electron chi connectivity index (χ1n) is 7.89. The summed E-state index contributed by atoms with van der Waals surface area (Å²) >= 11 is 0. The first-order chi connectivity index (χ1) is 12.1. The zero-order valence-electron chi connectivity index (χ0n) is 14.0. The average Bonchev–Trinajstić information content (AvgIpc) is 2.96. The van der Waals surface area contributed by atoms with Gasteiger partial charge in [-0.2, -0.15) is 5.26 Å². The van der Waals surface area contributed by atoms with Crippen LogP contribution in [0.2, 0.25) is 0 Å². The molecule has 0 spiro atoms. The number of hydrogen-bond acceptors (Lipinski definition) is 5. The first-order valence-corrected chi connectivity index (χ1v) is 7.89. The Morgan fingerprint density at radius 1 is 1.24 bits per heavy atom. The molecule has 0 bridgehead atoms. The highest BCUT2D eigenvalue weighted by atomic mass is 16.6. The minimum Gasteiger partial charge on any atom is -0.479 e. The van der Waals surface area contributed by atoms with Crippen LogP contribution in [-0.4, -0.2) is 12.1 Å². The molecular weight excluding hydrogens is 318 g/mol. The van der Waals surface area contributed by atoms with Gasteiger partial charge in [-0.25, -0.2) is 4.79 Å². The number of ether oxygens (including phenoxy) is 2. The maximum absolute atomic E-state index is 12.1. The van der Waals surface area contributed by atoms with Crippen LogP contribution in [-0.2, 0) is 16.1 Å². The average molecular weight is 335 g/mol. The Labute approximate surface area is 145 Å². The van der Waals surface area contributed by atoms with Gasteiger partial charge < -0.3 is 13.9 Å². The molecule has 126 valence electrons. The first kappa shape index (κ1) is 16.6. The molecule has 5 nitrogen and oxygen atoms in total. The van der Waals surface area contributed by atoms with Gasteiger partial charge in [-0.05, 0) is 38.1 Å². The molecule has 3 rings (SSSR count). The molecule has 5 heteroatoms. The van der Waals surface area contributed by atoms with Crippen molar-refractivity contribution in [2.24, 2.45) is 0 Å². The van der Waals surface area contributed by atoms with E-state index in [1.54, 1.807) is 31.2 Å². The van der Waals surface area contributed by atoms with Crippen molar-refractivity contribution in [2.45, 2.75) is 26.6 Å². The fourth-order valence-corrected chi connectivity index (χ4v) is 2.51. The number of nitriles is 1. The Balaban J connectivity index is 1.63. The number of rotatable bonds is 5. The van der Waals surface area contributed by atoms with E-state index in [1.165, 1.54) is 0 Å². The molecule has 1 atom stereocenters. The fraction of sp³-hybridized carbons (Fsp3) is 0.200. The summed E-state index contributed by atoms with van der Waals surface area (Å²) in [5.41, 5.74) is 2.19. The van der Waals surface area contributed by atoms with E-state index in [0.29, 0.717) is 17.1 Å². The number of fused-ring (bicyclic) bond motifs is 1. The Hall–Kier alpha value is -3.26. The van der Waals surface area contributed by atoms with Crippen molar-refractivity contribution < 1.29 is 18.7 Å². The maximum atomic E-state index is 12.1. The van der Waals surface area contributed by atoms with Crippen molar-refractivity contribution in [3.05, 3.63) is 65.4 Å². The highest BCUT2D eigenvalue weighted by molar-refractivity contribution is 5.82. The second kappa shape index (κ2) is 7.10. The summed E-state index contributed by atoms with van der Waals surface area (Å²) in [6.07, 6.45) is -0.793. The molecule has 1 heterocycles. The van der Waals surface area contributed by atoms with Gasteiger partial charge in [0.1, 0.15) is 23.7 Å². The standard InChI is InChI=1S/C20H17NO4/c1-13-17-8-3-4-9-18(17)25-19(13)12-23-20(22)14(2)24-16-7-5-6-15(10-16)11-21/h3-10,14H,12H2,1-2H3. The molecule has 0 aliphatic carbocycles. The smallest absolute Gasteiger partial charge is 0.347 e. The highest BCUT2D eigenvalue weighted by Gasteiger charge is 2.18. The Morgan fingerprint density at radius 3 is 2.80 bits per heavy atom. The summed E-state index contributed by atoms with van der Waals surface area (Å²) < 4.78 is 16.6. The summed E-state index contributed by atoms with van der Waals surface area (Å²) in [5.74, 6) is 0.568. The van der Waals surface area contributed by atoms with E-state index < -0.39 is 12.1 Å². The number of benzene rings is 2. The van der Waals surface area contributed by atoms with Crippen LogP contribution in [0.1, 0.15) is 23.8 Å². The molecule has 0 saturated heterocycles. The zero-order valence-corrected chi connectivity index (χ0v) is 14.0. The Kier molecular flexibility index (Phi) is 4.71. The summed E-state index contributed by atoms with van der Waals surface area (Å²) in [4.78, 5) is 12.1. The van der Waals surface area contributed by atoms with Gasteiger partial charge in [0, 0.05) is 10.9 Å². The topological polar surface area (TPSA) is 72.5 Å². The Bertz CT molecular complexity index is 952. The molecule has 0 radical (unpaired) electrons. The minimum absolute atomic E-state index is 0.0469. The van der Waals surface area contributed by atoms with Crippen molar-refractivity contribution in [2.75, 3.05) is 0 Å². The number of hydrogen-bond donors (Lipinski definition) is 0. The third kappa shape index (κ3) is 3.64. The maximum Gasteiger partial charge on any atom is 0.347 e. The van der Waals surface area contributed by atoms with Crippen LogP contribution in [0.25, 0.3) is 11.0 Å². The predicted molar refractivity (Wildman–Crippen MR) is 92.0 cm³/mol. The lowest BCUT2D eigenvalue weighted by atomic mass is 10.1. The molecule has 0 N–H and O–H groups in total. The summed E-state index contributed by atoms with van der Waals surface area (Å²) in [6.45, 7) is 3.58. The monoisotopic (exact) mass is 335 g/mol. The molecule has 0 aliphatic rings. The van der Waals surface area contributed by atoms with Crippen LogP contribution in [0.15, 0.2) is 52.9 Å². The summed E-state index contributed by atoms with van der Waals surface area (Å²) in [6, 6.07) is 16.3. The van der Waals surface area contributed by atoms with Crippen LogP contribution in [0, 0.1) is 18.3 Å². The van der Waals surface area contributed by atoms with E-state index >= 15 is 0 Å².